The molecule has 0 atom stereocenters. The van der Waals surface area contributed by atoms with Gasteiger partial charge in [0.2, 0.25) is 0 Å². The summed E-state index contributed by atoms with van der Waals surface area (Å²) in [6.45, 7) is 3.88. The van der Waals surface area contributed by atoms with E-state index in [4.69, 9.17) is 30.0 Å². The molecule has 0 aliphatic carbocycles. The molecule has 4 heteroatoms. The fourth-order valence-corrected chi connectivity index (χ4v) is 0. The molecule has 0 saturated carbocycles. The summed E-state index contributed by atoms with van der Waals surface area (Å²) < 4.78 is 0.282. The minimum absolute atomic E-state index is 0.282. The zero-order valence-electron chi connectivity index (χ0n) is 4.21. The maximum atomic E-state index is 5.59. The molecule has 0 saturated heterocycles. The van der Waals surface area contributed by atoms with Gasteiger partial charge in [0.15, 0.2) is 0 Å². The molecule has 0 aromatic heterocycles. The Morgan fingerprint density at radius 1 is 1.14 bits per heavy atom. The van der Waals surface area contributed by atoms with Gasteiger partial charge in [0.1, 0.15) is 0 Å². The summed E-state index contributed by atoms with van der Waals surface area (Å²) in [5.41, 5.74) is 0. The summed E-state index contributed by atoms with van der Waals surface area (Å²) in [6, 6.07) is 0. The number of hydrogen-bond acceptors (Lipinski definition) is 0. The topological polar surface area (TPSA) is 0 Å². The molecule has 0 N–H and O–H groups in total. The molecular formula is C3H7Cl3Ge. The summed E-state index contributed by atoms with van der Waals surface area (Å²) in [7, 11) is 14.0. The molecule has 0 aliphatic rings. The molecule has 0 aromatic carbocycles. The van der Waals surface area contributed by atoms with Crippen molar-refractivity contribution in [3.05, 3.63) is 0 Å². The Hall–Kier alpha value is 1.41. The zero-order chi connectivity index (χ0) is 6.08. The second kappa shape index (κ2) is 2.81. The van der Waals surface area contributed by atoms with E-state index in [0.29, 0.717) is 0 Å². The Morgan fingerprint density at radius 3 is 1.29 bits per heavy atom. The SMILES string of the molecule is C[CH](C)[Ge]([Cl])([Cl])[Cl]. The molecule has 0 aliphatic heterocycles. The summed E-state index contributed by atoms with van der Waals surface area (Å²) in [5.74, 6) is 0. The van der Waals surface area contributed by atoms with Gasteiger partial charge in [-0.3, -0.25) is 0 Å². The van der Waals surface area contributed by atoms with Crippen LogP contribution in [0.2, 0.25) is 4.75 Å². The molecule has 7 heavy (non-hydrogen) atoms. The summed E-state index contributed by atoms with van der Waals surface area (Å²) in [6.07, 6.45) is 0. The van der Waals surface area contributed by atoms with Gasteiger partial charge in [-0.15, -0.1) is 0 Å². The minimum atomic E-state index is -2.75. The zero-order valence-corrected chi connectivity index (χ0v) is 8.58. The Morgan fingerprint density at radius 2 is 1.29 bits per heavy atom. The Bertz CT molecular complexity index is 55.7. The van der Waals surface area contributed by atoms with Crippen molar-refractivity contribution in [3.63, 3.8) is 0 Å². The van der Waals surface area contributed by atoms with Crippen LogP contribution in [0, 0.1) is 0 Å². The second-order valence-corrected chi connectivity index (χ2v) is 18.7. The molecule has 0 spiro atoms. The normalized spacial score (nSPS) is 12.9. The molecule has 0 bridgehead atoms. The number of halogens is 3. The molecular weight excluding hydrogens is 215 g/mol. The monoisotopic (exact) mass is 222 g/mol. The molecule has 0 nitrogen and oxygen atoms in total. The third-order valence-electron chi connectivity index (χ3n) is 0.655. The van der Waals surface area contributed by atoms with Crippen molar-refractivity contribution >= 4 is 40.5 Å². The van der Waals surface area contributed by atoms with Crippen LogP contribution >= 0.6 is 30.0 Å². The van der Waals surface area contributed by atoms with Crippen LogP contribution < -0.4 is 0 Å². The van der Waals surface area contributed by atoms with Crippen LogP contribution in [-0.4, -0.2) is 10.5 Å². The average Bonchev–Trinajstić information content (AvgIpc) is 1.31. The third-order valence-corrected chi connectivity index (χ3v) is 10.2. The van der Waals surface area contributed by atoms with Gasteiger partial charge in [-0.1, -0.05) is 0 Å². The first kappa shape index (κ1) is 8.41. The van der Waals surface area contributed by atoms with E-state index in [1.807, 2.05) is 13.8 Å². The van der Waals surface area contributed by atoms with Crippen LogP contribution in [0.3, 0.4) is 0 Å². The summed E-state index contributed by atoms with van der Waals surface area (Å²) in [4.78, 5) is 0. The van der Waals surface area contributed by atoms with Crippen LogP contribution in [0.25, 0.3) is 0 Å². The van der Waals surface area contributed by atoms with E-state index < -0.39 is 10.5 Å². The van der Waals surface area contributed by atoms with E-state index in [1.165, 1.54) is 0 Å². The second-order valence-electron chi connectivity index (χ2n) is 1.70. The Balaban J connectivity index is 3.54. The van der Waals surface area contributed by atoms with E-state index in [2.05, 4.69) is 0 Å². The van der Waals surface area contributed by atoms with Crippen molar-refractivity contribution < 1.29 is 0 Å². The van der Waals surface area contributed by atoms with Crippen LogP contribution in [0.1, 0.15) is 13.8 Å². The fourth-order valence-electron chi connectivity index (χ4n) is 0. The Labute approximate surface area is 59.0 Å². The van der Waals surface area contributed by atoms with Gasteiger partial charge in [-0.25, -0.2) is 0 Å². The predicted molar refractivity (Wildman–Crippen MR) is 38.4 cm³/mol. The van der Waals surface area contributed by atoms with Crippen molar-refractivity contribution in [1.82, 2.24) is 0 Å². The van der Waals surface area contributed by atoms with Gasteiger partial charge in [0, 0.05) is 0 Å². The molecule has 0 fully saturated rings. The maximum absolute atomic E-state index is 5.59. The van der Waals surface area contributed by atoms with Crippen molar-refractivity contribution in [3.8, 4) is 0 Å². The molecule has 0 aromatic rings. The standard InChI is InChI=1S/C3H7Cl3Ge/c1-3(2)7(4,5)6/h3H,1-2H3. The van der Waals surface area contributed by atoms with Crippen molar-refractivity contribution in [2.75, 3.05) is 0 Å². The van der Waals surface area contributed by atoms with E-state index in [0.717, 1.165) is 0 Å². The average molecular weight is 222 g/mol. The van der Waals surface area contributed by atoms with E-state index in [-0.39, 0.29) is 4.75 Å². The molecule has 44 valence electrons. The van der Waals surface area contributed by atoms with Gasteiger partial charge in [0.25, 0.3) is 0 Å². The quantitative estimate of drug-likeness (QED) is 0.598. The van der Waals surface area contributed by atoms with Crippen LogP contribution in [-0.2, 0) is 0 Å². The fraction of sp³-hybridized carbons (Fsp3) is 1.00. The van der Waals surface area contributed by atoms with Crippen molar-refractivity contribution in [2.45, 2.75) is 18.6 Å². The van der Waals surface area contributed by atoms with Gasteiger partial charge in [0.05, 0.1) is 0 Å². The molecule has 0 heterocycles. The van der Waals surface area contributed by atoms with Gasteiger partial charge < -0.3 is 0 Å². The van der Waals surface area contributed by atoms with Gasteiger partial charge >= 0.3 is 59.1 Å². The summed E-state index contributed by atoms with van der Waals surface area (Å²) in [5, 5.41) is 0. The van der Waals surface area contributed by atoms with Crippen LogP contribution in [0.5, 0.6) is 0 Å². The molecule has 0 amide bonds. The van der Waals surface area contributed by atoms with E-state index >= 15 is 0 Å². The molecule has 0 radical (unpaired) electrons. The van der Waals surface area contributed by atoms with Gasteiger partial charge in [-0.05, 0) is 0 Å². The van der Waals surface area contributed by atoms with Crippen molar-refractivity contribution in [2.24, 2.45) is 0 Å². The number of hydrogen-bond donors (Lipinski definition) is 0. The third kappa shape index (κ3) is 3.95. The molecule has 0 rings (SSSR count). The van der Waals surface area contributed by atoms with Crippen molar-refractivity contribution in [1.29, 1.82) is 0 Å². The first-order valence-electron chi connectivity index (χ1n) is 2.01. The summed E-state index contributed by atoms with van der Waals surface area (Å²) >= 11 is 0. The first-order chi connectivity index (χ1) is 2.94. The first-order valence-corrected chi connectivity index (χ1v) is 11.5. The van der Waals surface area contributed by atoms with Crippen LogP contribution in [0.15, 0.2) is 0 Å². The van der Waals surface area contributed by atoms with Gasteiger partial charge in [-0.2, -0.15) is 0 Å². The van der Waals surface area contributed by atoms with E-state index in [1.54, 1.807) is 0 Å². The molecule has 0 unspecified atom stereocenters. The van der Waals surface area contributed by atoms with E-state index in [9.17, 15) is 0 Å². The Kier molecular flexibility index (Phi) is 3.38. The number of rotatable bonds is 1. The predicted octanol–water partition coefficient (Wildman–Crippen LogP) is 3.05. The van der Waals surface area contributed by atoms with Crippen LogP contribution in [0.4, 0.5) is 0 Å².